The van der Waals surface area contributed by atoms with Crippen molar-refractivity contribution < 1.29 is 4.79 Å². The molecule has 1 aromatic heterocycles. The highest BCUT2D eigenvalue weighted by atomic mass is 32.1. The largest absolute Gasteiger partial charge is 0.338 e. The minimum Gasteiger partial charge on any atom is -0.338 e. The molecule has 146 valence electrons. The number of benzene rings is 2. The maximum absolute atomic E-state index is 13.4. The van der Waals surface area contributed by atoms with Crippen LogP contribution in [0.15, 0.2) is 72.8 Å². The van der Waals surface area contributed by atoms with Gasteiger partial charge in [-0.3, -0.25) is 4.79 Å². The zero-order valence-corrected chi connectivity index (χ0v) is 17.1. The summed E-state index contributed by atoms with van der Waals surface area (Å²) >= 11 is 1.74. The summed E-state index contributed by atoms with van der Waals surface area (Å²) in [7, 11) is 0. The van der Waals surface area contributed by atoms with Gasteiger partial charge in [-0.15, -0.1) is 11.3 Å². The van der Waals surface area contributed by atoms with Crippen LogP contribution < -0.4 is 0 Å². The van der Waals surface area contributed by atoms with Crippen molar-refractivity contribution in [3.63, 3.8) is 0 Å². The summed E-state index contributed by atoms with van der Waals surface area (Å²) in [6, 6.07) is 18.8. The molecule has 29 heavy (non-hydrogen) atoms. The number of para-hydroxylation sites is 1. The van der Waals surface area contributed by atoms with Gasteiger partial charge in [0.1, 0.15) is 0 Å². The van der Waals surface area contributed by atoms with Crippen LogP contribution in [0.1, 0.15) is 35.8 Å². The van der Waals surface area contributed by atoms with Crippen LogP contribution in [0.5, 0.6) is 0 Å². The van der Waals surface area contributed by atoms with Crippen molar-refractivity contribution in [1.82, 2.24) is 9.88 Å². The van der Waals surface area contributed by atoms with E-state index in [9.17, 15) is 4.79 Å². The van der Waals surface area contributed by atoms with Gasteiger partial charge in [0.15, 0.2) is 0 Å². The SMILES string of the molecule is O=C([C@@H]1CC=CC[C@@H]1c1nc2ccccc2s1)N1CC=C(c2ccccc2)CC1. The first-order valence-electron chi connectivity index (χ1n) is 10.3. The fraction of sp³-hybridized carbons (Fsp3) is 0.280. The molecule has 2 atom stereocenters. The minimum atomic E-state index is -0.00719. The average molecular weight is 401 g/mol. The highest BCUT2D eigenvalue weighted by Gasteiger charge is 2.35. The Bertz CT molecular complexity index is 1050. The number of aromatic nitrogens is 1. The van der Waals surface area contributed by atoms with Crippen LogP contribution in [-0.4, -0.2) is 28.9 Å². The summed E-state index contributed by atoms with van der Waals surface area (Å²) in [6.07, 6.45) is 9.23. The first-order chi connectivity index (χ1) is 14.3. The van der Waals surface area contributed by atoms with Gasteiger partial charge in [0.2, 0.25) is 5.91 Å². The van der Waals surface area contributed by atoms with E-state index in [0.29, 0.717) is 6.54 Å². The van der Waals surface area contributed by atoms with Gasteiger partial charge in [0.05, 0.1) is 21.1 Å². The molecule has 5 rings (SSSR count). The van der Waals surface area contributed by atoms with E-state index in [2.05, 4.69) is 60.7 Å². The second-order valence-corrected chi connectivity index (χ2v) is 8.87. The summed E-state index contributed by atoms with van der Waals surface area (Å²) in [4.78, 5) is 20.3. The van der Waals surface area contributed by atoms with Crippen LogP contribution >= 0.6 is 11.3 Å². The molecule has 0 unspecified atom stereocenters. The number of fused-ring (bicyclic) bond motifs is 1. The second-order valence-electron chi connectivity index (χ2n) is 7.81. The third-order valence-electron chi connectivity index (χ3n) is 6.04. The molecule has 0 spiro atoms. The van der Waals surface area contributed by atoms with Crippen LogP contribution in [0.25, 0.3) is 15.8 Å². The third kappa shape index (κ3) is 3.65. The molecule has 0 saturated heterocycles. The Labute approximate surface area is 175 Å². The number of thiazole rings is 1. The van der Waals surface area contributed by atoms with Gasteiger partial charge in [0.25, 0.3) is 0 Å². The highest BCUT2D eigenvalue weighted by molar-refractivity contribution is 7.18. The van der Waals surface area contributed by atoms with Gasteiger partial charge in [-0.2, -0.15) is 0 Å². The summed E-state index contributed by atoms with van der Waals surface area (Å²) in [5.41, 5.74) is 3.66. The quantitative estimate of drug-likeness (QED) is 0.531. The molecule has 1 amide bonds. The topological polar surface area (TPSA) is 33.2 Å². The predicted octanol–water partition coefficient (Wildman–Crippen LogP) is 5.66. The van der Waals surface area contributed by atoms with E-state index >= 15 is 0 Å². The molecule has 4 heteroatoms. The van der Waals surface area contributed by atoms with Gasteiger partial charge in [0, 0.05) is 19.0 Å². The number of hydrogen-bond acceptors (Lipinski definition) is 3. The molecule has 0 saturated carbocycles. The normalized spacial score (nSPS) is 21.9. The fourth-order valence-electron chi connectivity index (χ4n) is 4.43. The molecule has 0 bridgehead atoms. The molecule has 0 radical (unpaired) electrons. The Morgan fingerprint density at radius 2 is 1.79 bits per heavy atom. The molecule has 0 N–H and O–H groups in total. The minimum absolute atomic E-state index is 0.00719. The van der Waals surface area contributed by atoms with Crippen molar-refractivity contribution in [3.05, 3.63) is 83.4 Å². The van der Waals surface area contributed by atoms with Crippen molar-refractivity contribution in [3.8, 4) is 0 Å². The van der Waals surface area contributed by atoms with Gasteiger partial charge in [-0.05, 0) is 42.5 Å². The number of allylic oxidation sites excluding steroid dienone is 2. The number of amides is 1. The monoisotopic (exact) mass is 400 g/mol. The summed E-state index contributed by atoms with van der Waals surface area (Å²) in [6.45, 7) is 1.50. The van der Waals surface area contributed by atoms with E-state index in [1.807, 2.05) is 17.0 Å². The molecule has 3 nitrogen and oxygen atoms in total. The average Bonchev–Trinajstić information content (AvgIpc) is 3.23. The van der Waals surface area contributed by atoms with Crippen molar-refractivity contribution in [2.75, 3.05) is 13.1 Å². The molecule has 2 aliphatic rings. The van der Waals surface area contributed by atoms with Crippen LogP contribution in [0, 0.1) is 5.92 Å². The number of carbonyl (C=O) groups is 1. The Kier molecular flexibility index (Phi) is 5.03. The lowest BCUT2D eigenvalue weighted by molar-refractivity contribution is -0.136. The maximum atomic E-state index is 13.4. The second kappa shape index (κ2) is 7.96. The Morgan fingerprint density at radius 3 is 2.59 bits per heavy atom. The van der Waals surface area contributed by atoms with E-state index in [-0.39, 0.29) is 17.7 Å². The molecular weight excluding hydrogens is 376 g/mol. The van der Waals surface area contributed by atoms with Crippen molar-refractivity contribution >= 4 is 33.0 Å². The molecule has 2 aromatic carbocycles. The number of rotatable bonds is 3. The van der Waals surface area contributed by atoms with Crippen molar-refractivity contribution in [1.29, 1.82) is 0 Å². The van der Waals surface area contributed by atoms with Crippen molar-refractivity contribution in [2.24, 2.45) is 5.92 Å². The van der Waals surface area contributed by atoms with Gasteiger partial charge >= 0.3 is 0 Å². The Morgan fingerprint density at radius 1 is 1.00 bits per heavy atom. The van der Waals surface area contributed by atoms with Crippen LogP contribution in [0.3, 0.4) is 0 Å². The Balaban J connectivity index is 1.35. The first kappa shape index (κ1) is 18.3. The fourth-order valence-corrected chi connectivity index (χ4v) is 5.57. The van der Waals surface area contributed by atoms with Gasteiger partial charge in [-0.25, -0.2) is 4.98 Å². The highest BCUT2D eigenvalue weighted by Crippen LogP contribution is 2.39. The van der Waals surface area contributed by atoms with E-state index in [4.69, 9.17) is 4.98 Å². The zero-order chi connectivity index (χ0) is 19.6. The lowest BCUT2D eigenvalue weighted by Crippen LogP contribution is -2.41. The van der Waals surface area contributed by atoms with Crippen LogP contribution in [0.2, 0.25) is 0 Å². The van der Waals surface area contributed by atoms with Crippen molar-refractivity contribution in [2.45, 2.75) is 25.2 Å². The van der Waals surface area contributed by atoms with E-state index in [1.54, 1.807) is 11.3 Å². The number of carbonyl (C=O) groups excluding carboxylic acids is 1. The van der Waals surface area contributed by atoms with E-state index in [0.717, 1.165) is 36.3 Å². The molecule has 3 aromatic rings. The molecule has 2 heterocycles. The third-order valence-corrected chi connectivity index (χ3v) is 7.21. The summed E-state index contributed by atoms with van der Waals surface area (Å²) < 4.78 is 1.21. The van der Waals surface area contributed by atoms with Crippen LogP contribution in [-0.2, 0) is 4.79 Å². The van der Waals surface area contributed by atoms with E-state index in [1.165, 1.54) is 15.8 Å². The summed E-state index contributed by atoms with van der Waals surface area (Å²) in [5.74, 6) is 0.457. The lowest BCUT2D eigenvalue weighted by Gasteiger charge is -2.33. The zero-order valence-electron chi connectivity index (χ0n) is 16.3. The standard InChI is InChI=1S/C25H24N2OS/c28-25(27-16-14-19(15-17-27)18-8-2-1-3-9-18)21-11-5-4-10-20(21)24-26-22-12-6-7-13-23(22)29-24/h1-9,12-14,20-21H,10-11,15-17H2/t20-,21+/m0/s1. The lowest BCUT2D eigenvalue weighted by atomic mass is 9.82. The number of nitrogens with zero attached hydrogens (tertiary/aromatic N) is 2. The molecular formula is C25H24N2OS. The maximum Gasteiger partial charge on any atom is 0.227 e. The molecule has 1 aliphatic heterocycles. The van der Waals surface area contributed by atoms with Gasteiger partial charge < -0.3 is 4.90 Å². The van der Waals surface area contributed by atoms with Gasteiger partial charge in [-0.1, -0.05) is 60.7 Å². The van der Waals surface area contributed by atoms with E-state index < -0.39 is 0 Å². The smallest absolute Gasteiger partial charge is 0.227 e. The van der Waals surface area contributed by atoms with Crippen LogP contribution in [0.4, 0.5) is 0 Å². The summed E-state index contributed by atoms with van der Waals surface area (Å²) in [5, 5.41) is 1.10. The molecule has 1 aliphatic carbocycles. The molecule has 0 fully saturated rings. The first-order valence-corrected chi connectivity index (χ1v) is 11.1. The Hall–Kier alpha value is -2.72. The number of hydrogen-bond donors (Lipinski definition) is 0. The predicted molar refractivity (Wildman–Crippen MR) is 120 cm³/mol.